The minimum atomic E-state index is -4.99. The van der Waals surface area contributed by atoms with Gasteiger partial charge in [-0.15, -0.1) is 0 Å². The van der Waals surface area contributed by atoms with Gasteiger partial charge in [0.2, 0.25) is 5.91 Å². The highest BCUT2D eigenvalue weighted by Gasteiger charge is 2.48. The highest BCUT2D eigenvalue weighted by molar-refractivity contribution is 5.90. The first kappa shape index (κ1) is 32.5. The fourth-order valence-corrected chi connectivity index (χ4v) is 6.93. The van der Waals surface area contributed by atoms with Crippen LogP contribution in [0.15, 0.2) is 54.1 Å². The second-order valence-corrected chi connectivity index (χ2v) is 13.1. The number of rotatable bonds is 5. The Hall–Kier alpha value is -2.92. The Balaban J connectivity index is 1.42. The van der Waals surface area contributed by atoms with Crippen LogP contribution in [0.25, 0.3) is 0 Å². The lowest BCUT2D eigenvalue weighted by Crippen LogP contribution is -2.47. The van der Waals surface area contributed by atoms with Gasteiger partial charge in [-0.1, -0.05) is 17.7 Å². The third-order valence-corrected chi connectivity index (χ3v) is 9.31. The normalized spacial score (nSPS) is 24.8. The van der Waals surface area contributed by atoms with Gasteiger partial charge in [-0.05, 0) is 107 Å². The molecule has 0 aliphatic carbocycles. The van der Waals surface area contributed by atoms with E-state index in [-0.39, 0.29) is 41.6 Å². The molecule has 3 aliphatic rings. The summed E-state index contributed by atoms with van der Waals surface area (Å²) in [6.45, 7) is 9.82. The number of fused-ring (bicyclic) bond motifs is 1. The van der Waals surface area contributed by atoms with Crippen LogP contribution >= 0.6 is 0 Å². The van der Waals surface area contributed by atoms with Gasteiger partial charge in [-0.2, -0.15) is 26.3 Å². The highest BCUT2D eigenvalue weighted by Crippen LogP contribution is 2.45. The van der Waals surface area contributed by atoms with Crippen molar-refractivity contribution in [2.75, 3.05) is 19.6 Å². The van der Waals surface area contributed by atoms with Crippen molar-refractivity contribution in [1.29, 1.82) is 0 Å². The topological polar surface area (TPSA) is 32.8 Å². The van der Waals surface area contributed by atoms with E-state index in [1.165, 1.54) is 19.1 Å². The van der Waals surface area contributed by atoms with E-state index in [1.54, 1.807) is 23.1 Å². The zero-order chi connectivity index (χ0) is 32.2. The molecule has 0 bridgehead atoms. The van der Waals surface area contributed by atoms with E-state index < -0.39 is 47.4 Å². The molecule has 11 heteroatoms. The lowest BCUT2D eigenvalue weighted by molar-refractivity contribution is -0.143. The van der Waals surface area contributed by atoms with Crippen LogP contribution in [0.3, 0.4) is 0 Å². The minimum Gasteiger partial charge on any atom is -0.368 e. The van der Waals surface area contributed by atoms with Gasteiger partial charge in [0.1, 0.15) is 5.82 Å². The number of amides is 1. The summed E-state index contributed by atoms with van der Waals surface area (Å²) in [5.41, 5.74) is -1.34. The van der Waals surface area contributed by atoms with Crippen molar-refractivity contribution in [3.8, 4) is 0 Å². The van der Waals surface area contributed by atoms with Crippen LogP contribution in [0.1, 0.15) is 81.2 Å². The molecule has 1 amide bonds. The number of piperidine rings is 1. The number of nitrogens with zero attached hydrogens (tertiary/aromatic N) is 2. The van der Waals surface area contributed by atoms with Crippen LogP contribution in [0.4, 0.5) is 30.7 Å². The van der Waals surface area contributed by atoms with Gasteiger partial charge >= 0.3 is 12.4 Å². The monoisotopic (exact) mass is 626 g/mol. The van der Waals surface area contributed by atoms with E-state index in [1.807, 2.05) is 0 Å². The van der Waals surface area contributed by atoms with E-state index in [9.17, 15) is 35.5 Å². The molecule has 0 N–H and O–H groups in total. The number of ether oxygens (including phenoxy) is 1. The van der Waals surface area contributed by atoms with Gasteiger partial charge < -0.3 is 9.64 Å². The lowest BCUT2D eigenvalue weighted by Gasteiger charge is -2.43. The number of hydrogen-bond donors (Lipinski definition) is 0. The second-order valence-electron chi connectivity index (χ2n) is 13.1. The van der Waals surface area contributed by atoms with Gasteiger partial charge in [0.05, 0.1) is 23.3 Å². The minimum absolute atomic E-state index is 0.0411. The number of likely N-dealkylation sites (tertiary alicyclic amines) is 1. The first-order chi connectivity index (χ1) is 20.4. The number of halogens is 7. The molecule has 5 rings (SSSR count). The maximum Gasteiger partial charge on any atom is 0.416 e. The van der Waals surface area contributed by atoms with Crippen LogP contribution in [-0.2, 0) is 21.9 Å². The van der Waals surface area contributed by atoms with Gasteiger partial charge in [0.25, 0.3) is 0 Å². The molecule has 0 unspecified atom stereocenters. The molecule has 4 atom stereocenters. The first-order valence-corrected chi connectivity index (χ1v) is 14.9. The summed E-state index contributed by atoms with van der Waals surface area (Å²) in [6.07, 6.45) is -7.83. The van der Waals surface area contributed by atoms with Crippen LogP contribution in [0.5, 0.6) is 0 Å². The maximum atomic E-state index is 13.9. The standard InChI is InChI=1S/C33H37F7N2O2/c1-19(22-13-24(32(35,36)37)17-25(14-22)33(38,39)40)44-28-18-42-27(30(28)21-5-7-26(34)8-6-21)15-23(16-29(42)43)20-9-11-41(12-10-20)31(2,3)4/h5-8,13-14,16-17,19-20,27-28,30H,9-12,15,18H2,1-4H3/t19-,27+,28+,30+/m1/s1. The molecule has 2 aromatic carbocycles. The Labute approximate surface area is 252 Å². The third kappa shape index (κ3) is 6.83. The molecule has 2 aromatic rings. The second kappa shape index (κ2) is 11.8. The Morgan fingerprint density at radius 2 is 1.45 bits per heavy atom. The highest BCUT2D eigenvalue weighted by atomic mass is 19.4. The van der Waals surface area contributed by atoms with Crippen molar-refractivity contribution in [1.82, 2.24) is 9.80 Å². The quantitative estimate of drug-likeness (QED) is 0.314. The molecule has 2 saturated heterocycles. The van der Waals surface area contributed by atoms with E-state index in [4.69, 9.17) is 4.74 Å². The van der Waals surface area contributed by atoms with Crippen molar-refractivity contribution < 1.29 is 40.3 Å². The summed E-state index contributed by atoms with van der Waals surface area (Å²) in [4.78, 5) is 17.6. The average Bonchev–Trinajstić information content (AvgIpc) is 3.30. The van der Waals surface area contributed by atoms with Crippen molar-refractivity contribution in [2.24, 2.45) is 5.92 Å². The summed E-state index contributed by atoms with van der Waals surface area (Å²) in [5.74, 6) is -0.894. The Bertz CT molecular complexity index is 1350. The molecule has 0 radical (unpaired) electrons. The average molecular weight is 627 g/mol. The summed E-state index contributed by atoms with van der Waals surface area (Å²) in [5, 5.41) is 0. The fourth-order valence-electron chi connectivity index (χ4n) is 6.93. The largest absolute Gasteiger partial charge is 0.416 e. The van der Waals surface area contributed by atoms with Crippen molar-refractivity contribution in [3.63, 3.8) is 0 Å². The number of benzene rings is 2. The first-order valence-electron chi connectivity index (χ1n) is 14.9. The third-order valence-electron chi connectivity index (χ3n) is 9.31. The summed E-state index contributed by atoms with van der Waals surface area (Å²) in [6, 6.07) is 6.87. The van der Waals surface area contributed by atoms with Gasteiger partial charge in [-0.25, -0.2) is 4.39 Å². The SMILES string of the molecule is C[C@@H](O[C@H]1CN2C(=O)C=C(C3CCN(C(C)(C)C)CC3)C[C@H]2[C@@H]1c1ccc(F)cc1)c1cc(C(F)(F)F)cc(C(F)(F)F)c1. The summed E-state index contributed by atoms with van der Waals surface area (Å²) >= 11 is 0. The zero-order valence-electron chi connectivity index (χ0n) is 25.1. The van der Waals surface area contributed by atoms with Gasteiger partial charge in [-0.3, -0.25) is 9.69 Å². The number of hydrogen-bond acceptors (Lipinski definition) is 3. The van der Waals surface area contributed by atoms with Crippen molar-refractivity contribution >= 4 is 5.91 Å². The molecular formula is C33H37F7N2O2. The molecule has 0 aromatic heterocycles. The predicted molar refractivity (Wildman–Crippen MR) is 151 cm³/mol. The van der Waals surface area contributed by atoms with Crippen LogP contribution < -0.4 is 0 Å². The van der Waals surface area contributed by atoms with Crippen LogP contribution in [0, 0.1) is 11.7 Å². The van der Waals surface area contributed by atoms with E-state index in [0.29, 0.717) is 24.1 Å². The van der Waals surface area contributed by atoms with Gasteiger partial charge in [0, 0.05) is 30.1 Å². The molecule has 44 heavy (non-hydrogen) atoms. The number of carbonyl (C=O) groups excluding carboxylic acids is 1. The molecule has 2 fully saturated rings. The summed E-state index contributed by atoms with van der Waals surface area (Å²) in [7, 11) is 0. The molecule has 3 aliphatic heterocycles. The lowest BCUT2D eigenvalue weighted by atomic mass is 9.79. The van der Waals surface area contributed by atoms with Crippen LogP contribution in [0.2, 0.25) is 0 Å². The smallest absolute Gasteiger partial charge is 0.368 e. The number of alkyl halides is 6. The molecule has 4 nitrogen and oxygen atoms in total. The van der Waals surface area contributed by atoms with Crippen molar-refractivity contribution in [2.45, 2.75) is 89.0 Å². The van der Waals surface area contributed by atoms with Crippen molar-refractivity contribution in [3.05, 3.63) is 82.2 Å². The maximum absolute atomic E-state index is 13.9. The molecule has 240 valence electrons. The molecule has 0 spiro atoms. The molecule has 0 saturated carbocycles. The zero-order valence-corrected chi connectivity index (χ0v) is 25.1. The van der Waals surface area contributed by atoms with Crippen LogP contribution in [-0.4, -0.2) is 53.0 Å². The fraction of sp³-hybridized carbons (Fsp3) is 0.545. The number of carbonyl (C=O) groups is 1. The Morgan fingerprint density at radius 3 is 1.98 bits per heavy atom. The predicted octanol–water partition coefficient (Wildman–Crippen LogP) is 8.14. The summed E-state index contributed by atoms with van der Waals surface area (Å²) < 4.78 is 101. The molecule has 3 heterocycles. The Morgan fingerprint density at radius 1 is 0.886 bits per heavy atom. The molecular weight excluding hydrogens is 589 g/mol. The van der Waals surface area contributed by atoms with E-state index >= 15 is 0 Å². The van der Waals surface area contributed by atoms with E-state index in [2.05, 4.69) is 25.7 Å². The van der Waals surface area contributed by atoms with Gasteiger partial charge in [0.15, 0.2) is 0 Å². The Kier molecular flexibility index (Phi) is 8.70. The van der Waals surface area contributed by atoms with E-state index in [0.717, 1.165) is 31.5 Å².